The van der Waals surface area contributed by atoms with Crippen LogP contribution in [-0.2, 0) is 90.8 Å². The van der Waals surface area contributed by atoms with Crippen molar-refractivity contribution in [2.75, 3.05) is 21.3 Å². The van der Waals surface area contributed by atoms with Gasteiger partial charge in [-0.2, -0.15) is 0 Å². The number of nitrogens with zero attached hydrogens (tertiary/aromatic N) is 12. The zero-order valence-corrected chi connectivity index (χ0v) is 72.7. The molecular weight excluding hydrogens is 1510 g/mol. The van der Waals surface area contributed by atoms with Gasteiger partial charge in [0.25, 0.3) is 17.1 Å². The Kier molecular flexibility index (Phi) is 23.7. The third kappa shape index (κ3) is 19.1. The minimum Gasteiger partial charge on any atom is -0.496 e. The molecule has 1 aliphatic carbocycles. The van der Waals surface area contributed by atoms with E-state index in [9.17, 15) is 30.3 Å². The van der Waals surface area contributed by atoms with Gasteiger partial charge >= 0.3 is 0 Å². The molecule has 0 unspecified atom stereocenters. The van der Waals surface area contributed by atoms with Crippen molar-refractivity contribution in [2.24, 2.45) is 0 Å². The van der Waals surface area contributed by atoms with Crippen molar-refractivity contribution >= 4 is 17.1 Å². The Bertz CT molecular complexity index is 5150. The fraction of sp³-hybridized carbons (Fsp3) is 0.375. The van der Waals surface area contributed by atoms with Crippen LogP contribution < -0.4 is 28.4 Å². The normalized spacial score (nSPS) is 13.0. The zero-order chi connectivity index (χ0) is 86.5. The fourth-order valence-corrected chi connectivity index (χ4v) is 15.4. The lowest BCUT2D eigenvalue weighted by atomic mass is 9.79. The summed E-state index contributed by atoms with van der Waals surface area (Å²) in [5.41, 5.74) is 18.2. The number of benzene rings is 9. The monoisotopic (exact) mass is 1620 g/mol. The Labute approximate surface area is 701 Å². The van der Waals surface area contributed by atoms with Gasteiger partial charge in [-0.25, -0.2) is 14.0 Å². The largest absolute Gasteiger partial charge is 0.496 e. The van der Waals surface area contributed by atoms with Gasteiger partial charge in [0.15, 0.2) is 0 Å². The first-order chi connectivity index (χ1) is 56.5. The summed E-state index contributed by atoms with van der Waals surface area (Å²) < 4.78 is 47.6. The molecule has 624 valence electrons. The van der Waals surface area contributed by atoms with E-state index in [1.807, 2.05) is 0 Å². The van der Waals surface area contributed by atoms with E-state index >= 15 is 0 Å². The quantitative estimate of drug-likeness (QED) is 0.0570. The lowest BCUT2D eigenvalue weighted by molar-refractivity contribution is -0.385. The molecule has 24 nitrogen and oxygen atoms in total. The average molecular weight is 1620 g/mol. The van der Waals surface area contributed by atoms with Crippen LogP contribution in [-0.4, -0.2) is 81.1 Å². The molecule has 12 aromatic rings. The molecule has 1 aliphatic rings. The molecule has 0 saturated carbocycles. The van der Waals surface area contributed by atoms with E-state index in [4.69, 9.17) is 28.4 Å². The molecule has 0 aliphatic heterocycles. The van der Waals surface area contributed by atoms with Gasteiger partial charge < -0.3 is 28.4 Å². The smallest absolute Gasteiger partial charge is 0.269 e. The summed E-state index contributed by atoms with van der Waals surface area (Å²) in [5.74, 6) is 3.99. The molecule has 24 heteroatoms. The second-order valence-corrected chi connectivity index (χ2v) is 37.6. The maximum Gasteiger partial charge on any atom is 0.269 e. The third-order valence-electron chi connectivity index (χ3n) is 22.2. The molecule has 3 heterocycles. The summed E-state index contributed by atoms with van der Waals surface area (Å²) in [5, 5.41) is 62.7. The van der Waals surface area contributed by atoms with Gasteiger partial charge in [-0.05, 0) is 169 Å². The maximum absolute atomic E-state index is 11.8. The molecule has 0 atom stereocenters. The fourth-order valence-electron chi connectivity index (χ4n) is 15.4. The molecule has 3 aromatic heterocycles. The Morgan fingerprint density at radius 3 is 0.600 bits per heavy atom. The summed E-state index contributed by atoms with van der Waals surface area (Å²) in [4.78, 5) is 34.0. The highest BCUT2D eigenvalue weighted by atomic mass is 16.6. The molecule has 0 saturated heterocycles. The number of methoxy groups -OCH3 is 3. The SMILES string of the molecule is COc1c2cc(C(C)(C)C)cc1Cc1cc(C(C)(C)C)cc(c1OCc1cn(-c3ccc([N+](=O)[O-])cc3)nn1)Cc1cc(C(C)(C)C)cc(c1OC)Cc1cc(C(C)(C)C)cc(c1OCc1cn(-c3ccc([N+](=O)[O-])cc3)nn1)Cc1cc(C(C)(C)C)cc(c1OC)Cc1cc(C(C)(C)C)cc(c1OCc1cn(-c3ccc([N+](=O)[O-])cc3)nn1)C2. The van der Waals surface area contributed by atoms with Gasteiger partial charge in [0.05, 0.1) is 71.8 Å². The number of hydrogen-bond acceptors (Lipinski definition) is 18. The Morgan fingerprint density at radius 1 is 0.283 bits per heavy atom. The second-order valence-electron chi connectivity index (χ2n) is 37.6. The van der Waals surface area contributed by atoms with Crippen LogP contribution in [0.1, 0.15) is 242 Å². The number of non-ortho nitro benzene ring substituents is 3. The zero-order valence-electron chi connectivity index (χ0n) is 72.7. The summed E-state index contributed by atoms with van der Waals surface area (Å²) in [6, 6.07) is 45.7. The standard InChI is InChI=1S/C96H108N12O12/c1-91(2,3)70-40-58-34-64-46-73(94(10,11)12)48-66(88(64)118-55-76-52-103(100-97-76)79-22-28-82(29-23-79)106(109)110)36-60-42-71(92(4,5)6)44-62(86(60)116-20)38-68-50-75(96(16,17)18)51-69(90(68)120-57-78-54-105(102-99-78)81-26-32-84(33-27-81)108(113)114)39-63-45-72(93(7,8)9)43-61(87(63)117-21)37-67-49-74(95(13,14)15)47-65(35-59(41-70)85(58)115-19)89(67)119-56-77-53-104(101-98-77)80-24-30-83(31-25-80)107(111)112/h22-33,40-54H,34-39,55-57H2,1-21H3. The lowest BCUT2D eigenvalue weighted by Gasteiger charge is -2.29. The van der Waals surface area contributed by atoms with E-state index < -0.39 is 31.0 Å². The van der Waals surface area contributed by atoms with E-state index in [1.54, 1.807) is 90.4 Å². The molecule has 0 fully saturated rings. The molecule has 0 spiro atoms. The lowest BCUT2D eigenvalue weighted by Crippen LogP contribution is -2.17. The molecular formula is C96H108N12O12. The van der Waals surface area contributed by atoms with Crippen LogP contribution in [0, 0.1) is 30.3 Å². The van der Waals surface area contributed by atoms with Crippen molar-refractivity contribution in [2.45, 2.75) is 215 Å². The average Bonchev–Trinajstić information content (AvgIpc) is 0.775. The predicted molar refractivity (Wildman–Crippen MR) is 464 cm³/mol. The second kappa shape index (κ2) is 33.3. The van der Waals surface area contributed by atoms with Gasteiger partial charge in [0, 0.05) is 74.9 Å². The van der Waals surface area contributed by atoms with Crippen LogP contribution in [0.15, 0.2) is 164 Å². The van der Waals surface area contributed by atoms with Gasteiger partial charge in [-0.1, -0.05) is 213 Å². The van der Waals surface area contributed by atoms with Crippen LogP contribution in [0.3, 0.4) is 0 Å². The number of hydrogen-bond donors (Lipinski definition) is 0. The highest BCUT2D eigenvalue weighted by Crippen LogP contribution is 2.47. The van der Waals surface area contributed by atoms with Crippen molar-refractivity contribution < 1.29 is 43.2 Å². The van der Waals surface area contributed by atoms with Crippen LogP contribution in [0.25, 0.3) is 17.1 Å². The van der Waals surface area contributed by atoms with Crippen molar-refractivity contribution in [3.8, 4) is 51.6 Å². The maximum atomic E-state index is 11.8. The highest BCUT2D eigenvalue weighted by Gasteiger charge is 2.33. The van der Waals surface area contributed by atoms with E-state index in [0.29, 0.717) is 107 Å². The first kappa shape index (κ1) is 85.3. The summed E-state index contributed by atoms with van der Waals surface area (Å²) in [7, 11) is 5.22. The number of aromatic nitrogens is 9. The minimum atomic E-state index is -0.433. The number of rotatable bonds is 18. The summed E-state index contributed by atoms with van der Waals surface area (Å²) in [6.45, 7) is 40.0. The van der Waals surface area contributed by atoms with E-state index in [-0.39, 0.29) is 53.1 Å². The van der Waals surface area contributed by atoms with Crippen LogP contribution >= 0.6 is 0 Å². The Balaban J connectivity index is 1.09. The van der Waals surface area contributed by atoms with Gasteiger partial charge in [0.1, 0.15) is 71.4 Å². The van der Waals surface area contributed by atoms with Crippen LogP contribution in [0.4, 0.5) is 17.1 Å². The Hall–Kier alpha value is -12.6. The van der Waals surface area contributed by atoms with Crippen molar-refractivity contribution in [1.82, 2.24) is 45.0 Å². The molecule has 0 N–H and O–H groups in total. The first-order valence-corrected chi connectivity index (χ1v) is 40.5. The van der Waals surface area contributed by atoms with Crippen LogP contribution in [0.5, 0.6) is 34.5 Å². The molecule has 12 bridgehead atoms. The predicted octanol–water partition coefficient (Wildman–Crippen LogP) is 20.6. The molecule has 0 radical (unpaired) electrons. The first-order valence-electron chi connectivity index (χ1n) is 40.5. The summed E-state index contributed by atoms with van der Waals surface area (Å²) >= 11 is 0. The molecule has 13 rings (SSSR count). The number of nitro groups is 3. The molecule has 0 amide bonds. The van der Waals surface area contributed by atoms with Crippen molar-refractivity contribution in [1.29, 1.82) is 0 Å². The van der Waals surface area contributed by atoms with Gasteiger partial charge in [-0.15, -0.1) is 15.3 Å². The van der Waals surface area contributed by atoms with E-state index in [2.05, 4.69) is 228 Å². The molecule has 9 aromatic carbocycles. The highest BCUT2D eigenvalue weighted by molar-refractivity contribution is 5.62. The topological polar surface area (TPSA) is 277 Å². The number of ether oxygens (including phenoxy) is 6. The number of fused-ring (bicyclic) bond motifs is 12. The Morgan fingerprint density at radius 2 is 0.450 bits per heavy atom. The van der Waals surface area contributed by atoms with E-state index in [0.717, 1.165) is 100 Å². The van der Waals surface area contributed by atoms with Gasteiger partial charge in [0.2, 0.25) is 0 Å². The van der Waals surface area contributed by atoms with Crippen molar-refractivity contribution in [3.05, 3.63) is 312 Å². The minimum absolute atomic E-state index is 0.00513. The van der Waals surface area contributed by atoms with E-state index in [1.165, 1.54) is 36.4 Å². The van der Waals surface area contributed by atoms with Crippen molar-refractivity contribution in [3.63, 3.8) is 0 Å². The number of nitro benzene ring substituents is 3. The van der Waals surface area contributed by atoms with Gasteiger partial charge in [-0.3, -0.25) is 30.3 Å². The summed E-state index contributed by atoms with van der Waals surface area (Å²) in [6.07, 6.45) is 7.43. The van der Waals surface area contributed by atoms with Crippen LogP contribution in [0.2, 0.25) is 0 Å². The third-order valence-corrected chi connectivity index (χ3v) is 22.2. The molecule has 120 heavy (non-hydrogen) atoms.